The van der Waals surface area contributed by atoms with Crippen molar-refractivity contribution >= 4 is 37.5 Å². The van der Waals surface area contributed by atoms with E-state index < -0.39 is 29.8 Å². The van der Waals surface area contributed by atoms with Gasteiger partial charge in [0.15, 0.2) is 19.7 Å². The van der Waals surface area contributed by atoms with Crippen molar-refractivity contribution in [3.05, 3.63) is 0 Å². The number of rotatable bonds is 6. The molecule has 2 amide bonds. The molecule has 418 valence electrons. The maximum atomic E-state index is 11.7. The van der Waals surface area contributed by atoms with Crippen molar-refractivity contribution in [2.75, 3.05) is 44.6 Å². The molecule has 0 aliphatic carbocycles. The molecule has 0 heterocycles. The number of Topliss-reactive ketones (excluding diaryl/α,β-unsaturated/α-hetero) is 1. The minimum absolute atomic E-state index is 0. The van der Waals surface area contributed by atoms with Gasteiger partial charge in [-0.2, -0.15) is 0 Å². The van der Waals surface area contributed by atoms with Crippen LogP contribution in [0.2, 0.25) is 0 Å². The second-order valence-corrected chi connectivity index (χ2v) is 32.9. The first kappa shape index (κ1) is 83.1. The maximum Gasteiger partial charge on any atom is 0.315 e. The van der Waals surface area contributed by atoms with Crippen LogP contribution < -0.4 is 16.0 Å². The third-order valence-electron chi connectivity index (χ3n) is 7.02. The van der Waals surface area contributed by atoms with Crippen molar-refractivity contribution in [1.82, 2.24) is 16.0 Å². The molecule has 0 atom stereocenters. The number of hydrogen-bond donors (Lipinski definition) is 3. The van der Waals surface area contributed by atoms with Gasteiger partial charge in [-0.3, -0.25) is 9.59 Å². The van der Waals surface area contributed by atoms with Crippen LogP contribution in [0.15, 0.2) is 0 Å². The van der Waals surface area contributed by atoms with Gasteiger partial charge in [-0.25, -0.2) is 21.6 Å². The average molecular weight is 1020 g/mol. The molecule has 0 aliphatic heterocycles. The summed E-state index contributed by atoms with van der Waals surface area (Å²) in [7, 11) is -2.24. The molecule has 0 aromatic rings. The van der Waals surface area contributed by atoms with E-state index in [1.165, 1.54) is 0 Å². The Morgan fingerprint density at radius 2 is 0.765 bits per heavy atom. The fourth-order valence-electron chi connectivity index (χ4n) is 4.05. The molecule has 0 bridgehead atoms. The van der Waals surface area contributed by atoms with Gasteiger partial charge in [-0.05, 0) is 146 Å². The Morgan fingerprint density at radius 3 is 0.868 bits per heavy atom. The monoisotopic (exact) mass is 1020 g/mol. The first-order chi connectivity index (χ1) is 28.6. The van der Waals surface area contributed by atoms with Crippen LogP contribution in [0.4, 0.5) is 4.79 Å². The zero-order chi connectivity index (χ0) is 56.5. The van der Waals surface area contributed by atoms with E-state index >= 15 is 0 Å². The number of carbonyl (C=O) groups excluding carboxylic acids is 3. The van der Waals surface area contributed by atoms with Crippen molar-refractivity contribution in [2.45, 2.75) is 257 Å². The van der Waals surface area contributed by atoms with Crippen LogP contribution in [0.3, 0.4) is 0 Å². The van der Waals surface area contributed by atoms with Gasteiger partial charge in [0.1, 0.15) is 11.4 Å². The van der Waals surface area contributed by atoms with E-state index in [4.69, 9.17) is 4.74 Å². The highest BCUT2D eigenvalue weighted by atomic mass is 32.2. The zero-order valence-electron chi connectivity index (χ0n) is 50.7. The fourth-order valence-corrected chi connectivity index (χ4v) is 8.36. The Hall–Kier alpha value is -1.77. The van der Waals surface area contributed by atoms with Gasteiger partial charge in [0.2, 0.25) is 0 Å². The first-order valence-corrected chi connectivity index (χ1v) is 27.5. The van der Waals surface area contributed by atoms with Gasteiger partial charge in [0.25, 0.3) is 0 Å². The van der Waals surface area contributed by atoms with Crippen molar-refractivity contribution in [1.29, 1.82) is 0 Å². The maximum absolute atomic E-state index is 11.7. The minimum atomic E-state index is -2.96. The van der Waals surface area contributed by atoms with E-state index in [-0.39, 0.29) is 80.4 Å². The first-order valence-electron chi connectivity index (χ1n) is 24.0. The second kappa shape index (κ2) is 33.1. The molecule has 12 nitrogen and oxygen atoms in total. The summed E-state index contributed by atoms with van der Waals surface area (Å²) in [4.78, 5) is 34.0. The molecule has 0 rings (SSSR count). The largest absolute Gasteiger partial charge is 0.460 e. The van der Waals surface area contributed by atoms with Gasteiger partial charge in [0.05, 0.1) is 27.4 Å². The molecule has 0 fully saturated rings. The Morgan fingerprint density at radius 1 is 0.485 bits per heavy atom. The molecule has 0 aliphatic rings. The number of ether oxygens (including phenoxy) is 2. The lowest BCUT2D eigenvalue weighted by Gasteiger charge is -2.26. The van der Waals surface area contributed by atoms with E-state index in [9.17, 15) is 31.2 Å². The highest BCUT2D eigenvalue weighted by Crippen LogP contribution is 2.27. The van der Waals surface area contributed by atoms with Gasteiger partial charge in [-0.15, -0.1) is 0 Å². The van der Waals surface area contributed by atoms with Crippen LogP contribution in [-0.2, 0) is 38.7 Å². The third-order valence-corrected chi connectivity index (χ3v) is 12.7. The summed E-state index contributed by atoms with van der Waals surface area (Å²) in [5.41, 5.74) is -1.57. The molecule has 68 heavy (non-hydrogen) atoms. The highest BCUT2D eigenvalue weighted by molar-refractivity contribution is 7.92. The zero-order valence-corrected chi connectivity index (χ0v) is 52.4. The number of esters is 1. The standard InChI is InChI=1S/C10H22O2S.C10H20O.C9H20N2O.C9H20O2S.C9H18O2.C3H9N.C3H8O.CH4/c1-9(2,3)7-13(11,12)8-10(4,5)6;1-9(2,3)7-8(11)10(4,5)6;1-8(2,3)10-7(12)11-9(4,5)6;1-8(2,3)7-12(10,11)9(4,5)6;1-8(2,3)7(10)11-9(4,5)6;2*1-3-4-2;/h7-8H2,1-6H3;7H2,1-6H3;1-6H3,(H2,10,11,12);7H2,1-6H3;1-6H3;4H,3H2,1-2H3;3H2,1-2H3;1H4. The van der Waals surface area contributed by atoms with E-state index in [1.807, 2.05) is 180 Å². The Bertz CT molecular complexity index is 1460. The molecule has 0 saturated heterocycles. The number of urea groups is 1. The fraction of sp³-hybridized carbons (Fsp3) is 0.944. The quantitative estimate of drug-likeness (QED) is 0.217. The number of carbonyl (C=O) groups is 3. The van der Waals surface area contributed by atoms with Crippen molar-refractivity contribution in [3.8, 4) is 0 Å². The lowest BCUT2D eigenvalue weighted by atomic mass is 9.80. The lowest BCUT2D eigenvalue weighted by molar-refractivity contribution is -0.164. The Labute approximate surface area is 426 Å². The minimum Gasteiger partial charge on any atom is -0.460 e. The molecular weight excluding hydrogens is 899 g/mol. The normalized spacial score (nSPS) is 12.7. The average Bonchev–Trinajstić information content (AvgIpc) is 2.94. The molecule has 0 aromatic heterocycles. The van der Waals surface area contributed by atoms with Crippen molar-refractivity contribution in [2.24, 2.45) is 32.5 Å². The molecular formula is C54H121N3O9S2. The van der Waals surface area contributed by atoms with Crippen molar-refractivity contribution in [3.63, 3.8) is 0 Å². The van der Waals surface area contributed by atoms with Crippen LogP contribution in [0, 0.1) is 32.5 Å². The number of methoxy groups -OCH3 is 1. The summed E-state index contributed by atoms with van der Waals surface area (Å²) in [5, 5.41) is 8.58. The third kappa shape index (κ3) is 73.2. The van der Waals surface area contributed by atoms with Crippen LogP contribution in [0.1, 0.15) is 235 Å². The van der Waals surface area contributed by atoms with Gasteiger partial charge >= 0.3 is 12.0 Å². The number of nitrogens with one attached hydrogen (secondary N) is 3. The predicted octanol–water partition coefficient (Wildman–Crippen LogP) is 13.5. The van der Waals surface area contributed by atoms with Crippen LogP contribution >= 0.6 is 0 Å². The summed E-state index contributed by atoms with van der Waals surface area (Å²) < 4.78 is 55.7. The molecule has 3 N–H and O–H groups in total. The summed E-state index contributed by atoms with van der Waals surface area (Å²) in [5.74, 6) is 1.01. The van der Waals surface area contributed by atoms with E-state index in [0.717, 1.165) is 13.2 Å². The number of hydrogen-bond acceptors (Lipinski definition) is 10. The molecule has 0 radical (unpaired) electrons. The van der Waals surface area contributed by atoms with E-state index in [1.54, 1.807) is 27.9 Å². The molecule has 0 aromatic carbocycles. The SMILES string of the molecule is C.CC(C)(C)CC(=O)C(C)(C)C.CC(C)(C)CS(=O)(=O)C(C)(C)C.CC(C)(C)CS(=O)(=O)CC(C)(C)C.CC(C)(C)NC(=O)NC(C)(C)C.CC(C)(C)OC(=O)C(C)(C)C.CCNC.CCOC. The lowest BCUT2D eigenvalue weighted by Crippen LogP contribution is -2.52. The van der Waals surface area contributed by atoms with Gasteiger partial charge in [0, 0.05) is 36.6 Å². The Balaban J connectivity index is -0.000000106. The molecule has 14 heteroatoms. The number of sulfone groups is 2. The number of amides is 2. The van der Waals surface area contributed by atoms with Crippen LogP contribution in [0.5, 0.6) is 0 Å². The summed E-state index contributed by atoms with van der Waals surface area (Å²) >= 11 is 0. The van der Waals surface area contributed by atoms with Crippen molar-refractivity contribution < 1.29 is 40.7 Å². The predicted molar refractivity (Wildman–Crippen MR) is 299 cm³/mol. The summed E-state index contributed by atoms with van der Waals surface area (Å²) in [6, 6.07) is -0.116. The van der Waals surface area contributed by atoms with Gasteiger partial charge < -0.3 is 25.4 Å². The van der Waals surface area contributed by atoms with E-state index in [2.05, 4.69) is 48.4 Å². The van der Waals surface area contributed by atoms with Crippen LogP contribution in [-0.4, -0.2) is 101 Å². The smallest absolute Gasteiger partial charge is 0.315 e. The number of ketones is 1. The Kier molecular flexibility index (Phi) is 40.4. The van der Waals surface area contributed by atoms with E-state index in [0.29, 0.717) is 12.2 Å². The molecule has 0 spiro atoms. The van der Waals surface area contributed by atoms with Crippen LogP contribution in [0.25, 0.3) is 0 Å². The highest BCUT2D eigenvalue weighted by Gasteiger charge is 2.33. The second-order valence-electron chi connectivity index (χ2n) is 28.1. The summed E-state index contributed by atoms with van der Waals surface area (Å²) in [6.07, 6.45) is 0.677. The molecule has 0 saturated carbocycles. The topological polar surface area (TPSA) is 174 Å². The van der Waals surface area contributed by atoms with Gasteiger partial charge in [-0.1, -0.05) is 118 Å². The molecule has 0 unspecified atom stereocenters. The summed E-state index contributed by atoms with van der Waals surface area (Å²) in [6.45, 7) is 63.8.